The van der Waals surface area contributed by atoms with Crippen LogP contribution in [0.1, 0.15) is 11.1 Å². The van der Waals surface area contributed by atoms with Gasteiger partial charge in [0.25, 0.3) is 10.0 Å². The number of hydrogen-bond donors (Lipinski definition) is 1. The lowest BCUT2D eigenvalue weighted by molar-refractivity contribution is 0.415. The van der Waals surface area contributed by atoms with E-state index in [0.717, 1.165) is 11.1 Å². The summed E-state index contributed by atoms with van der Waals surface area (Å²) in [4.78, 5) is 2.36. The Bertz CT molecular complexity index is 738. The fourth-order valence-corrected chi connectivity index (χ4v) is 2.45. The van der Waals surface area contributed by atoms with Crippen LogP contribution in [0.2, 0.25) is 0 Å². The van der Waals surface area contributed by atoms with Gasteiger partial charge in [-0.15, -0.1) is 0 Å². The van der Waals surface area contributed by atoms with Crippen molar-refractivity contribution in [3.8, 4) is 5.75 Å². The first kappa shape index (κ1) is 15.1. The van der Waals surface area contributed by atoms with Crippen molar-refractivity contribution in [2.75, 3.05) is 7.11 Å². The van der Waals surface area contributed by atoms with E-state index >= 15 is 0 Å². The van der Waals surface area contributed by atoms with E-state index in [0.29, 0.717) is 5.75 Å². The molecule has 0 radical (unpaired) electrons. The first-order valence-corrected chi connectivity index (χ1v) is 7.75. The molecule has 2 rings (SSSR count). The van der Waals surface area contributed by atoms with Crippen molar-refractivity contribution in [1.82, 2.24) is 4.83 Å². The Hall–Kier alpha value is -2.34. The number of sulfonamides is 1. The Morgan fingerprint density at radius 2 is 1.86 bits per heavy atom. The zero-order valence-electron chi connectivity index (χ0n) is 11.8. The predicted molar refractivity (Wildman–Crippen MR) is 82.1 cm³/mol. The van der Waals surface area contributed by atoms with Gasteiger partial charge in [-0.25, -0.2) is 4.83 Å². The molecule has 0 saturated carbocycles. The van der Waals surface area contributed by atoms with Crippen LogP contribution in [-0.2, 0) is 10.0 Å². The molecular formula is C15H16N2O3S. The largest absolute Gasteiger partial charge is 0.497 e. The van der Waals surface area contributed by atoms with Crippen molar-refractivity contribution in [3.05, 3.63) is 59.7 Å². The third-order valence-electron chi connectivity index (χ3n) is 2.81. The van der Waals surface area contributed by atoms with Gasteiger partial charge < -0.3 is 4.74 Å². The van der Waals surface area contributed by atoms with Crippen LogP contribution in [0.25, 0.3) is 0 Å². The summed E-state index contributed by atoms with van der Waals surface area (Å²) in [6.45, 7) is 1.89. The first-order valence-electron chi connectivity index (χ1n) is 6.27. The quantitative estimate of drug-likeness (QED) is 0.681. The van der Waals surface area contributed by atoms with Crippen LogP contribution in [-0.4, -0.2) is 21.7 Å². The van der Waals surface area contributed by atoms with Gasteiger partial charge in [-0.1, -0.05) is 29.8 Å². The second-order valence-electron chi connectivity index (χ2n) is 4.44. The summed E-state index contributed by atoms with van der Waals surface area (Å²) in [7, 11) is -2.08. The fourth-order valence-electron chi connectivity index (χ4n) is 1.66. The lowest BCUT2D eigenvalue weighted by Crippen LogP contribution is -2.18. The van der Waals surface area contributed by atoms with Crippen LogP contribution in [0, 0.1) is 6.92 Å². The number of nitrogens with zero attached hydrogens (tertiary/aromatic N) is 1. The van der Waals surface area contributed by atoms with Crippen molar-refractivity contribution < 1.29 is 13.2 Å². The number of benzene rings is 2. The number of ether oxygens (including phenoxy) is 1. The molecule has 0 fully saturated rings. The van der Waals surface area contributed by atoms with Crippen LogP contribution in [0.4, 0.5) is 0 Å². The van der Waals surface area contributed by atoms with E-state index in [1.807, 2.05) is 6.92 Å². The van der Waals surface area contributed by atoms with Crippen LogP contribution < -0.4 is 9.57 Å². The Kier molecular flexibility index (Phi) is 4.59. The SMILES string of the molecule is COc1cccc(/C=N\NS(=O)(=O)c2ccc(C)cc2)c1. The minimum atomic E-state index is -3.64. The van der Waals surface area contributed by atoms with Gasteiger partial charge in [-0.2, -0.15) is 13.5 Å². The van der Waals surface area contributed by atoms with Crippen LogP contribution in [0.15, 0.2) is 58.5 Å². The van der Waals surface area contributed by atoms with Crippen molar-refractivity contribution >= 4 is 16.2 Å². The van der Waals surface area contributed by atoms with Crippen molar-refractivity contribution in [3.63, 3.8) is 0 Å². The third-order valence-corrected chi connectivity index (χ3v) is 4.05. The normalized spacial score (nSPS) is 11.5. The second-order valence-corrected chi connectivity index (χ2v) is 6.10. The summed E-state index contributed by atoms with van der Waals surface area (Å²) in [5, 5.41) is 3.77. The van der Waals surface area contributed by atoms with Gasteiger partial charge in [0.2, 0.25) is 0 Å². The zero-order chi connectivity index (χ0) is 15.3. The minimum Gasteiger partial charge on any atom is -0.497 e. The lowest BCUT2D eigenvalue weighted by Gasteiger charge is -2.04. The molecule has 0 saturated heterocycles. The number of hydrogen-bond acceptors (Lipinski definition) is 4. The Morgan fingerprint density at radius 3 is 2.52 bits per heavy atom. The molecule has 110 valence electrons. The van der Waals surface area contributed by atoms with Gasteiger partial charge in [-0.05, 0) is 36.8 Å². The van der Waals surface area contributed by atoms with Crippen molar-refractivity contribution in [2.45, 2.75) is 11.8 Å². The van der Waals surface area contributed by atoms with Gasteiger partial charge in [0, 0.05) is 0 Å². The van der Waals surface area contributed by atoms with Crippen LogP contribution in [0.3, 0.4) is 0 Å². The fraction of sp³-hybridized carbons (Fsp3) is 0.133. The highest BCUT2D eigenvalue weighted by Gasteiger charge is 2.11. The Balaban J connectivity index is 2.10. The average Bonchev–Trinajstić information content (AvgIpc) is 2.48. The number of nitrogens with one attached hydrogen (secondary N) is 1. The molecule has 1 N–H and O–H groups in total. The summed E-state index contributed by atoms with van der Waals surface area (Å²) in [6.07, 6.45) is 1.42. The molecule has 0 bridgehead atoms. The highest BCUT2D eigenvalue weighted by atomic mass is 32.2. The summed E-state index contributed by atoms with van der Waals surface area (Å²) in [5.41, 5.74) is 1.73. The number of rotatable bonds is 5. The molecule has 0 aliphatic carbocycles. The average molecular weight is 304 g/mol. The van der Waals surface area contributed by atoms with E-state index in [4.69, 9.17) is 4.74 Å². The van der Waals surface area contributed by atoms with Gasteiger partial charge in [0.15, 0.2) is 0 Å². The number of aryl methyl sites for hydroxylation is 1. The van der Waals surface area contributed by atoms with Gasteiger partial charge in [0.05, 0.1) is 18.2 Å². The molecule has 0 unspecified atom stereocenters. The zero-order valence-corrected chi connectivity index (χ0v) is 12.6. The third kappa shape index (κ3) is 4.06. The van der Waals surface area contributed by atoms with Crippen LogP contribution in [0.5, 0.6) is 5.75 Å². The summed E-state index contributed by atoms with van der Waals surface area (Å²) >= 11 is 0. The molecule has 0 amide bonds. The maximum atomic E-state index is 12.0. The molecule has 0 heterocycles. The number of hydrazone groups is 1. The predicted octanol–water partition coefficient (Wildman–Crippen LogP) is 2.32. The molecule has 0 spiro atoms. The summed E-state index contributed by atoms with van der Waals surface area (Å²) < 4.78 is 29.1. The van der Waals surface area contributed by atoms with E-state index in [1.54, 1.807) is 55.6 Å². The van der Waals surface area contributed by atoms with E-state index in [9.17, 15) is 8.42 Å². The maximum Gasteiger partial charge on any atom is 0.276 e. The van der Waals surface area contributed by atoms with Gasteiger partial charge in [0.1, 0.15) is 5.75 Å². The van der Waals surface area contributed by atoms with E-state index in [1.165, 1.54) is 6.21 Å². The minimum absolute atomic E-state index is 0.177. The number of methoxy groups -OCH3 is 1. The van der Waals surface area contributed by atoms with Crippen molar-refractivity contribution in [1.29, 1.82) is 0 Å². The Labute approximate surface area is 124 Å². The molecule has 0 aliphatic rings. The molecule has 0 aromatic heterocycles. The molecular weight excluding hydrogens is 288 g/mol. The molecule has 2 aromatic rings. The highest BCUT2D eigenvalue weighted by Crippen LogP contribution is 2.11. The topological polar surface area (TPSA) is 67.8 Å². The molecule has 21 heavy (non-hydrogen) atoms. The molecule has 5 nitrogen and oxygen atoms in total. The Morgan fingerprint density at radius 1 is 1.14 bits per heavy atom. The van der Waals surface area contributed by atoms with Gasteiger partial charge >= 0.3 is 0 Å². The van der Waals surface area contributed by atoms with Crippen molar-refractivity contribution in [2.24, 2.45) is 5.10 Å². The van der Waals surface area contributed by atoms with Gasteiger partial charge in [-0.3, -0.25) is 0 Å². The second kappa shape index (κ2) is 6.41. The maximum absolute atomic E-state index is 12.0. The monoisotopic (exact) mass is 304 g/mol. The highest BCUT2D eigenvalue weighted by molar-refractivity contribution is 7.89. The molecule has 0 aliphatic heterocycles. The summed E-state index contributed by atoms with van der Waals surface area (Å²) in [6, 6.07) is 13.7. The smallest absolute Gasteiger partial charge is 0.276 e. The van der Waals surface area contributed by atoms with E-state index in [-0.39, 0.29) is 4.90 Å². The summed E-state index contributed by atoms with van der Waals surface area (Å²) in [5.74, 6) is 0.681. The van der Waals surface area contributed by atoms with E-state index in [2.05, 4.69) is 9.93 Å². The lowest BCUT2D eigenvalue weighted by atomic mass is 10.2. The van der Waals surface area contributed by atoms with E-state index < -0.39 is 10.0 Å². The van der Waals surface area contributed by atoms with Crippen LogP contribution >= 0.6 is 0 Å². The molecule has 6 heteroatoms. The standard InChI is InChI=1S/C15H16N2O3S/c1-12-6-8-15(9-7-12)21(18,19)17-16-11-13-4-3-5-14(10-13)20-2/h3-11,17H,1-2H3/b16-11-. The first-order chi connectivity index (χ1) is 10.0. The molecule has 0 atom stereocenters. The molecule has 2 aromatic carbocycles.